The summed E-state index contributed by atoms with van der Waals surface area (Å²) in [5, 5.41) is 2.10. The van der Waals surface area contributed by atoms with Crippen LogP contribution in [0.25, 0.3) is 0 Å². The Labute approximate surface area is 82.6 Å². The van der Waals surface area contributed by atoms with E-state index < -0.39 is 0 Å². The first-order valence-electron chi connectivity index (χ1n) is 4.58. The minimum atomic E-state index is 0.617. The largest absolute Gasteiger partial charge is 0.389 e. The summed E-state index contributed by atoms with van der Waals surface area (Å²) < 4.78 is 0. The van der Waals surface area contributed by atoms with E-state index in [4.69, 9.17) is 5.73 Å². The average Bonchev–Trinajstić information content (AvgIpc) is 2.61. The van der Waals surface area contributed by atoms with Crippen molar-refractivity contribution >= 4 is 16.3 Å². The number of anilines is 1. The fourth-order valence-electron chi connectivity index (χ4n) is 1.74. The van der Waals surface area contributed by atoms with Gasteiger partial charge in [-0.3, -0.25) is 0 Å². The molecule has 0 radical (unpaired) electrons. The zero-order chi connectivity index (χ0) is 9.42. The molecule has 1 aromatic heterocycles. The fourth-order valence-corrected chi connectivity index (χ4v) is 2.70. The van der Waals surface area contributed by atoms with Crippen LogP contribution in [-0.4, -0.2) is 30.0 Å². The van der Waals surface area contributed by atoms with Gasteiger partial charge in [-0.15, -0.1) is 11.3 Å². The maximum Gasteiger partial charge on any atom is 0.109 e. The van der Waals surface area contributed by atoms with Gasteiger partial charge in [0.2, 0.25) is 0 Å². The van der Waals surface area contributed by atoms with Crippen molar-refractivity contribution in [3.8, 4) is 0 Å². The first-order valence-corrected chi connectivity index (χ1v) is 5.40. The summed E-state index contributed by atoms with van der Waals surface area (Å²) in [6, 6.07) is 0. The molecule has 0 aromatic carbocycles. The summed E-state index contributed by atoms with van der Waals surface area (Å²) >= 11 is 1.65. The summed E-state index contributed by atoms with van der Waals surface area (Å²) in [4.78, 5) is 6.84. The van der Waals surface area contributed by atoms with Crippen molar-refractivity contribution in [3.63, 3.8) is 0 Å². The van der Waals surface area contributed by atoms with Gasteiger partial charge in [0.25, 0.3) is 0 Å². The molecular weight excluding hydrogens is 182 g/mol. The first kappa shape index (κ1) is 8.97. The van der Waals surface area contributed by atoms with Crippen LogP contribution >= 0.6 is 11.3 Å². The van der Waals surface area contributed by atoms with Crippen molar-refractivity contribution in [2.24, 2.45) is 0 Å². The molecule has 2 rings (SSSR count). The number of likely N-dealkylation sites (tertiary alicyclic amines) is 1. The summed E-state index contributed by atoms with van der Waals surface area (Å²) in [7, 11) is 2.16. The molecule has 0 amide bonds. The number of thiazole rings is 1. The lowest BCUT2D eigenvalue weighted by Gasteiger charge is -2.06. The number of nitrogen functional groups attached to an aromatic ring is 1. The Kier molecular flexibility index (Phi) is 2.26. The molecule has 0 bridgehead atoms. The molecule has 1 saturated heterocycles. The van der Waals surface area contributed by atoms with E-state index in [0.717, 1.165) is 17.2 Å². The molecule has 1 unspecified atom stereocenters. The van der Waals surface area contributed by atoms with Gasteiger partial charge in [0, 0.05) is 12.5 Å². The summed E-state index contributed by atoms with van der Waals surface area (Å²) in [5.41, 5.74) is 6.78. The lowest BCUT2D eigenvalue weighted by atomic mass is 10.1. The van der Waals surface area contributed by atoms with E-state index in [1.807, 2.05) is 6.92 Å². The quantitative estimate of drug-likeness (QED) is 0.741. The molecule has 0 spiro atoms. The smallest absolute Gasteiger partial charge is 0.109 e. The number of aryl methyl sites for hydroxylation is 1. The first-order chi connectivity index (χ1) is 6.16. The SMILES string of the molecule is Cc1nc(C2CCN(C)C2)sc1N. The van der Waals surface area contributed by atoms with Gasteiger partial charge in [0.15, 0.2) is 0 Å². The minimum Gasteiger partial charge on any atom is -0.389 e. The lowest BCUT2D eigenvalue weighted by Crippen LogP contribution is -2.13. The van der Waals surface area contributed by atoms with Gasteiger partial charge in [0.05, 0.1) is 10.7 Å². The monoisotopic (exact) mass is 197 g/mol. The molecule has 2 N–H and O–H groups in total. The molecule has 1 fully saturated rings. The third-order valence-electron chi connectivity index (χ3n) is 2.59. The van der Waals surface area contributed by atoms with Gasteiger partial charge in [-0.05, 0) is 26.9 Å². The van der Waals surface area contributed by atoms with Crippen LogP contribution in [0.5, 0.6) is 0 Å². The maximum absolute atomic E-state index is 5.79. The van der Waals surface area contributed by atoms with Crippen molar-refractivity contribution in [3.05, 3.63) is 10.7 Å². The fraction of sp³-hybridized carbons (Fsp3) is 0.667. The maximum atomic E-state index is 5.79. The number of aromatic nitrogens is 1. The molecule has 0 saturated carbocycles. The van der Waals surface area contributed by atoms with Crippen LogP contribution in [0.3, 0.4) is 0 Å². The highest BCUT2D eigenvalue weighted by Gasteiger charge is 2.24. The van der Waals surface area contributed by atoms with Crippen LogP contribution in [0.1, 0.15) is 23.0 Å². The lowest BCUT2D eigenvalue weighted by molar-refractivity contribution is 0.411. The molecule has 3 nitrogen and oxygen atoms in total. The third kappa shape index (κ3) is 1.69. The second kappa shape index (κ2) is 3.27. The Balaban J connectivity index is 2.17. The van der Waals surface area contributed by atoms with Gasteiger partial charge < -0.3 is 10.6 Å². The highest BCUT2D eigenvalue weighted by molar-refractivity contribution is 7.15. The molecule has 4 heteroatoms. The zero-order valence-electron chi connectivity index (χ0n) is 8.08. The van der Waals surface area contributed by atoms with Crippen LogP contribution in [0, 0.1) is 6.92 Å². The highest BCUT2D eigenvalue weighted by Crippen LogP contribution is 2.32. The van der Waals surface area contributed by atoms with E-state index in [0.29, 0.717) is 5.92 Å². The Morgan fingerprint density at radius 3 is 2.85 bits per heavy atom. The highest BCUT2D eigenvalue weighted by atomic mass is 32.1. The minimum absolute atomic E-state index is 0.617. The summed E-state index contributed by atoms with van der Waals surface area (Å²) in [6.07, 6.45) is 1.23. The van der Waals surface area contributed by atoms with E-state index >= 15 is 0 Å². The molecule has 72 valence electrons. The van der Waals surface area contributed by atoms with Gasteiger partial charge in [-0.1, -0.05) is 0 Å². The Hall–Kier alpha value is -0.610. The number of nitrogens with two attached hydrogens (primary N) is 1. The second-order valence-corrected chi connectivity index (χ2v) is 4.81. The summed E-state index contributed by atoms with van der Waals surface area (Å²) in [6.45, 7) is 4.30. The molecule has 0 aliphatic carbocycles. The number of rotatable bonds is 1. The molecule has 2 heterocycles. The average molecular weight is 197 g/mol. The molecule has 1 aliphatic rings. The van der Waals surface area contributed by atoms with Crippen molar-refractivity contribution in [2.75, 3.05) is 25.9 Å². The molecule has 13 heavy (non-hydrogen) atoms. The van der Waals surface area contributed by atoms with Gasteiger partial charge >= 0.3 is 0 Å². The zero-order valence-corrected chi connectivity index (χ0v) is 8.90. The van der Waals surface area contributed by atoms with Crippen molar-refractivity contribution in [1.29, 1.82) is 0 Å². The second-order valence-electron chi connectivity index (χ2n) is 3.75. The van der Waals surface area contributed by atoms with Crippen LogP contribution in [0.4, 0.5) is 5.00 Å². The Morgan fingerprint density at radius 2 is 2.38 bits per heavy atom. The predicted octanol–water partition coefficient (Wildman–Crippen LogP) is 1.45. The topological polar surface area (TPSA) is 42.2 Å². The van der Waals surface area contributed by atoms with Crippen molar-refractivity contribution in [1.82, 2.24) is 9.88 Å². The van der Waals surface area contributed by atoms with Crippen LogP contribution in [-0.2, 0) is 0 Å². The van der Waals surface area contributed by atoms with Gasteiger partial charge in [-0.25, -0.2) is 4.98 Å². The number of hydrogen-bond acceptors (Lipinski definition) is 4. The van der Waals surface area contributed by atoms with Crippen LogP contribution < -0.4 is 5.73 Å². The van der Waals surface area contributed by atoms with E-state index in [1.54, 1.807) is 11.3 Å². The molecule has 1 aliphatic heterocycles. The molecule has 1 aromatic rings. The van der Waals surface area contributed by atoms with Crippen LogP contribution in [0.2, 0.25) is 0 Å². The van der Waals surface area contributed by atoms with Gasteiger partial charge in [-0.2, -0.15) is 0 Å². The number of nitrogens with zero attached hydrogens (tertiary/aromatic N) is 2. The predicted molar refractivity (Wildman–Crippen MR) is 56.1 cm³/mol. The normalized spacial score (nSPS) is 24.0. The summed E-state index contributed by atoms with van der Waals surface area (Å²) in [5.74, 6) is 0.617. The molecular formula is C9H15N3S. The Bertz CT molecular complexity index is 288. The van der Waals surface area contributed by atoms with E-state index in [2.05, 4.69) is 16.9 Å². The van der Waals surface area contributed by atoms with E-state index in [9.17, 15) is 0 Å². The van der Waals surface area contributed by atoms with E-state index in [1.165, 1.54) is 18.0 Å². The standard InChI is InChI=1S/C9H15N3S/c1-6-8(10)13-9(11-6)7-3-4-12(2)5-7/h7H,3-5,10H2,1-2H3. The van der Waals surface area contributed by atoms with Crippen molar-refractivity contribution in [2.45, 2.75) is 19.3 Å². The van der Waals surface area contributed by atoms with Crippen LogP contribution in [0.15, 0.2) is 0 Å². The van der Waals surface area contributed by atoms with Gasteiger partial charge in [0.1, 0.15) is 5.00 Å². The molecule has 1 atom stereocenters. The Morgan fingerprint density at radius 1 is 1.62 bits per heavy atom. The number of hydrogen-bond donors (Lipinski definition) is 1. The number of likely N-dealkylation sites (N-methyl/N-ethyl adjacent to an activating group) is 1. The third-order valence-corrected chi connectivity index (χ3v) is 3.74. The van der Waals surface area contributed by atoms with E-state index in [-0.39, 0.29) is 0 Å². The van der Waals surface area contributed by atoms with Crippen molar-refractivity contribution < 1.29 is 0 Å².